The predicted octanol–water partition coefficient (Wildman–Crippen LogP) is 6.78. The van der Waals surface area contributed by atoms with Crippen molar-refractivity contribution >= 4 is 33.3 Å². The maximum atomic E-state index is 12.8. The highest BCUT2D eigenvalue weighted by atomic mass is 16.5. The summed E-state index contributed by atoms with van der Waals surface area (Å²) in [6.45, 7) is 2.29. The summed E-state index contributed by atoms with van der Waals surface area (Å²) in [5, 5.41) is 15.0. The molecule has 5 aromatic rings. The zero-order chi connectivity index (χ0) is 24.9. The number of ether oxygens (including phenoxy) is 1. The maximum absolute atomic E-state index is 12.8. The van der Waals surface area contributed by atoms with Crippen LogP contribution < -0.4 is 10.1 Å². The molecule has 1 heterocycles. The second-order valence-electron chi connectivity index (χ2n) is 8.80. The van der Waals surface area contributed by atoms with Crippen LogP contribution in [0.25, 0.3) is 21.7 Å². The normalized spacial score (nSPS) is 11.7. The molecule has 0 saturated carbocycles. The molecule has 0 spiro atoms. The number of pyridine rings is 1. The number of nitrogens with one attached hydrogen (secondary N) is 1. The lowest BCUT2D eigenvalue weighted by atomic mass is 9.97. The zero-order valence-electron chi connectivity index (χ0n) is 19.9. The second kappa shape index (κ2) is 10.3. The van der Waals surface area contributed by atoms with Crippen molar-refractivity contribution in [3.05, 3.63) is 114 Å². The molecule has 0 radical (unpaired) electrons. The van der Waals surface area contributed by atoms with Crippen LogP contribution in [0.4, 0.5) is 5.69 Å². The largest absolute Gasteiger partial charge is 0.487 e. The topological polar surface area (TPSA) is 75.0 Å². The molecule has 1 amide bonds. The van der Waals surface area contributed by atoms with Crippen molar-refractivity contribution in [2.24, 2.45) is 0 Å². The van der Waals surface area contributed by atoms with Crippen molar-refractivity contribution in [3.63, 3.8) is 0 Å². The van der Waals surface area contributed by atoms with Crippen LogP contribution in [0.5, 0.6) is 5.75 Å². The Kier molecular flexibility index (Phi) is 6.59. The Morgan fingerprint density at radius 2 is 1.67 bits per heavy atom. The molecule has 0 aliphatic heterocycles. The van der Waals surface area contributed by atoms with Gasteiger partial charge in [-0.3, -0.25) is 4.79 Å². The predicted molar refractivity (Wildman–Crippen MR) is 143 cm³/mol. The van der Waals surface area contributed by atoms with Crippen molar-refractivity contribution in [1.82, 2.24) is 4.98 Å². The van der Waals surface area contributed by atoms with E-state index < -0.39 is 0 Å². The van der Waals surface area contributed by atoms with Crippen LogP contribution in [0.3, 0.4) is 0 Å². The Hall–Kier alpha value is -4.69. The molecule has 36 heavy (non-hydrogen) atoms. The van der Waals surface area contributed by atoms with Gasteiger partial charge in [0.25, 0.3) is 0 Å². The highest BCUT2D eigenvalue weighted by Gasteiger charge is 2.16. The van der Waals surface area contributed by atoms with Gasteiger partial charge in [0, 0.05) is 11.1 Å². The van der Waals surface area contributed by atoms with Crippen LogP contribution >= 0.6 is 0 Å². The van der Waals surface area contributed by atoms with Crippen molar-refractivity contribution in [1.29, 1.82) is 5.26 Å². The van der Waals surface area contributed by atoms with Gasteiger partial charge < -0.3 is 10.1 Å². The maximum Gasteiger partial charge on any atom is 0.231 e. The molecule has 5 heteroatoms. The first-order valence-electron chi connectivity index (χ1n) is 11.9. The molecule has 5 nitrogen and oxygen atoms in total. The van der Waals surface area contributed by atoms with Gasteiger partial charge in [0.15, 0.2) is 0 Å². The van der Waals surface area contributed by atoms with E-state index in [-0.39, 0.29) is 11.8 Å². The van der Waals surface area contributed by atoms with Crippen molar-refractivity contribution in [2.75, 3.05) is 5.32 Å². The van der Waals surface area contributed by atoms with Gasteiger partial charge in [-0.25, -0.2) is 4.98 Å². The number of rotatable bonds is 7. The average molecular weight is 472 g/mol. The highest BCUT2D eigenvalue weighted by Crippen LogP contribution is 2.27. The number of anilines is 1. The number of nitrogens with zero attached hydrogens (tertiary/aromatic N) is 2. The lowest BCUT2D eigenvalue weighted by molar-refractivity contribution is -0.117. The second-order valence-corrected chi connectivity index (χ2v) is 8.80. The molecule has 0 saturated heterocycles. The van der Waals surface area contributed by atoms with Gasteiger partial charge >= 0.3 is 0 Å². The lowest BCUT2D eigenvalue weighted by Gasteiger charge is -2.14. The summed E-state index contributed by atoms with van der Waals surface area (Å²) >= 11 is 0. The van der Waals surface area contributed by atoms with Gasteiger partial charge in [-0.2, -0.15) is 5.26 Å². The number of nitriles is 1. The third-order valence-electron chi connectivity index (χ3n) is 6.28. The summed E-state index contributed by atoms with van der Waals surface area (Å²) < 4.78 is 6.01. The van der Waals surface area contributed by atoms with E-state index in [9.17, 15) is 4.79 Å². The van der Waals surface area contributed by atoms with Crippen molar-refractivity contribution < 1.29 is 9.53 Å². The van der Waals surface area contributed by atoms with Gasteiger partial charge in [0.05, 0.1) is 29.6 Å². The zero-order valence-corrected chi connectivity index (χ0v) is 19.9. The van der Waals surface area contributed by atoms with Crippen LogP contribution in [0.15, 0.2) is 97.1 Å². The number of hydrogen-bond donors (Lipinski definition) is 1. The van der Waals surface area contributed by atoms with Gasteiger partial charge in [-0.05, 0) is 65.2 Å². The van der Waals surface area contributed by atoms with Crippen LogP contribution in [0.2, 0.25) is 0 Å². The lowest BCUT2D eigenvalue weighted by Crippen LogP contribution is -2.18. The smallest absolute Gasteiger partial charge is 0.231 e. The van der Waals surface area contributed by atoms with Crippen LogP contribution in [-0.4, -0.2) is 10.9 Å². The molecule has 1 atom stereocenters. The van der Waals surface area contributed by atoms with Crippen LogP contribution in [0, 0.1) is 11.3 Å². The number of carbonyl (C=O) groups is 1. The number of para-hydroxylation sites is 1. The van der Waals surface area contributed by atoms with Gasteiger partial charge in [-0.15, -0.1) is 0 Å². The fourth-order valence-corrected chi connectivity index (χ4v) is 4.15. The molecule has 176 valence electrons. The van der Waals surface area contributed by atoms with E-state index in [2.05, 4.69) is 22.4 Å². The van der Waals surface area contributed by atoms with Crippen molar-refractivity contribution in [3.8, 4) is 11.8 Å². The minimum Gasteiger partial charge on any atom is -0.487 e. The fraction of sp³-hybridized carbons (Fsp3) is 0.129. The monoisotopic (exact) mass is 471 g/mol. The first-order valence-corrected chi connectivity index (χ1v) is 11.9. The van der Waals surface area contributed by atoms with Crippen molar-refractivity contribution in [2.45, 2.75) is 25.9 Å². The Labute approximate surface area is 210 Å². The third kappa shape index (κ3) is 5.18. The number of aromatic nitrogens is 1. The highest BCUT2D eigenvalue weighted by molar-refractivity contribution is 5.96. The minimum atomic E-state index is -0.317. The molecule has 0 fully saturated rings. The molecule has 5 rings (SSSR count). The van der Waals surface area contributed by atoms with Gasteiger partial charge in [-0.1, -0.05) is 60.7 Å². The standard InChI is InChI=1S/C31H25N3O2/c1-21(31(35)34-27-12-6-22(7-13-27)16-17-32)24-8-9-26-19-29(15-11-25(26)18-24)36-20-28-14-10-23-4-2-3-5-30(23)33-28/h2-15,18-19,21H,16,20H2,1H3,(H,34,35). The van der Waals surface area contributed by atoms with E-state index in [4.69, 9.17) is 10.00 Å². The van der Waals surface area contributed by atoms with Crippen LogP contribution in [-0.2, 0) is 17.8 Å². The summed E-state index contributed by atoms with van der Waals surface area (Å²) in [5.74, 6) is 0.379. The molecule has 1 aromatic heterocycles. The number of hydrogen-bond acceptors (Lipinski definition) is 4. The van der Waals surface area contributed by atoms with E-state index in [1.54, 1.807) is 0 Å². The average Bonchev–Trinajstić information content (AvgIpc) is 2.92. The van der Waals surface area contributed by atoms with E-state index in [1.165, 1.54) is 0 Å². The fourth-order valence-electron chi connectivity index (χ4n) is 4.15. The first-order chi connectivity index (χ1) is 17.6. The Bertz CT molecular complexity index is 1590. The van der Waals surface area contributed by atoms with E-state index in [0.717, 1.165) is 49.9 Å². The number of amides is 1. The molecular formula is C31H25N3O2. The van der Waals surface area contributed by atoms with Crippen LogP contribution in [0.1, 0.15) is 29.7 Å². The number of carbonyl (C=O) groups excluding carboxylic acids is 1. The molecule has 1 unspecified atom stereocenters. The first kappa shape index (κ1) is 23.1. The quantitative estimate of drug-likeness (QED) is 0.284. The Balaban J connectivity index is 1.25. The summed E-state index contributed by atoms with van der Waals surface area (Å²) in [6.07, 6.45) is 0.356. The van der Waals surface area contributed by atoms with Gasteiger partial charge in [0.2, 0.25) is 5.91 Å². The van der Waals surface area contributed by atoms with Gasteiger partial charge in [0.1, 0.15) is 12.4 Å². The summed E-state index contributed by atoms with van der Waals surface area (Å²) in [4.78, 5) is 17.5. The van der Waals surface area contributed by atoms with E-state index in [1.807, 2.05) is 97.9 Å². The number of fused-ring (bicyclic) bond motifs is 2. The summed E-state index contributed by atoms with van der Waals surface area (Å²) in [5.41, 5.74) is 4.42. The van der Waals surface area contributed by atoms with E-state index in [0.29, 0.717) is 13.0 Å². The summed E-state index contributed by atoms with van der Waals surface area (Å²) in [6, 6.07) is 33.6. The molecule has 4 aromatic carbocycles. The Morgan fingerprint density at radius 1 is 0.917 bits per heavy atom. The SMILES string of the molecule is CC(C(=O)Nc1ccc(CC#N)cc1)c1ccc2cc(OCc3ccc4ccccc4n3)ccc2c1. The van der Waals surface area contributed by atoms with E-state index >= 15 is 0 Å². The molecular weight excluding hydrogens is 446 g/mol. The molecule has 0 aliphatic carbocycles. The molecule has 1 N–H and O–H groups in total. The summed E-state index contributed by atoms with van der Waals surface area (Å²) in [7, 11) is 0. The Morgan fingerprint density at radius 3 is 2.50 bits per heavy atom. The minimum absolute atomic E-state index is 0.0785. The molecule has 0 aliphatic rings. The third-order valence-corrected chi connectivity index (χ3v) is 6.28. The molecule has 0 bridgehead atoms. The number of benzene rings is 4.